The first-order valence-electron chi connectivity index (χ1n) is 11.1. The van der Waals surface area contributed by atoms with Gasteiger partial charge in [-0.15, -0.1) is 0 Å². The van der Waals surface area contributed by atoms with Crippen molar-refractivity contribution in [2.24, 2.45) is 0 Å². The number of carboxylic acid groups (broad SMARTS) is 1. The molecule has 35 heavy (non-hydrogen) atoms. The van der Waals surface area contributed by atoms with Crippen molar-refractivity contribution < 1.29 is 37.4 Å². The molecule has 4 rings (SSSR count). The Morgan fingerprint density at radius 1 is 1.23 bits per heavy atom. The highest BCUT2D eigenvalue weighted by molar-refractivity contribution is 5.90. The molecule has 1 amide bonds. The summed E-state index contributed by atoms with van der Waals surface area (Å²) in [5.41, 5.74) is -0.162. The quantitative estimate of drug-likeness (QED) is 0.554. The van der Waals surface area contributed by atoms with Crippen molar-refractivity contribution in [2.75, 3.05) is 19.7 Å². The number of hydrogen-bond donors (Lipinski definition) is 1. The molecule has 2 aromatic heterocycles. The van der Waals surface area contributed by atoms with E-state index in [0.717, 1.165) is 12.1 Å². The van der Waals surface area contributed by atoms with Gasteiger partial charge in [-0.3, -0.25) is 4.98 Å². The SMILES string of the molecule is Cc1cc2oc(-c3c(F)cc(C(=O)O)cc3F)c(C[C@H]3CN(C(=O)OC(C)(C)C)CCO3)c2cn1. The Balaban J connectivity index is 1.72. The molecule has 0 bridgehead atoms. The molecule has 186 valence electrons. The number of carboxylic acids is 1. The van der Waals surface area contributed by atoms with Gasteiger partial charge >= 0.3 is 12.1 Å². The van der Waals surface area contributed by atoms with Gasteiger partial charge in [-0.1, -0.05) is 0 Å². The van der Waals surface area contributed by atoms with Crippen LogP contribution in [0.5, 0.6) is 0 Å². The van der Waals surface area contributed by atoms with E-state index in [4.69, 9.17) is 19.0 Å². The predicted molar refractivity (Wildman–Crippen MR) is 122 cm³/mol. The molecule has 1 aromatic carbocycles. The van der Waals surface area contributed by atoms with Crippen LogP contribution < -0.4 is 0 Å². The number of aromatic carboxylic acids is 1. The van der Waals surface area contributed by atoms with E-state index in [0.29, 0.717) is 28.8 Å². The van der Waals surface area contributed by atoms with Gasteiger partial charge in [0, 0.05) is 41.9 Å². The minimum absolute atomic E-state index is 0.0719. The summed E-state index contributed by atoms with van der Waals surface area (Å²) >= 11 is 0. The summed E-state index contributed by atoms with van der Waals surface area (Å²) < 4.78 is 47.1. The molecule has 1 aliphatic rings. The van der Waals surface area contributed by atoms with Crippen molar-refractivity contribution in [1.82, 2.24) is 9.88 Å². The fraction of sp³-hybridized carbons (Fsp3) is 0.400. The molecule has 3 aromatic rings. The van der Waals surface area contributed by atoms with E-state index in [1.165, 1.54) is 4.90 Å². The lowest BCUT2D eigenvalue weighted by atomic mass is 9.98. The fourth-order valence-electron chi connectivity index (χ4n) is 4.02. The first-order chi connectivity index (χ1) is 16.4. The smallest absolute Gasteiger partial charge is 0.410 e. The zero-order valence-corrected chi connectivity index (χ0v) is 19.9. The Bertz CT molecular complexity index is 1270. The van der Waals surface area contributed by atoms with Crippen molar-refractivity contribution >= 4 is 23.0 Å². The molecule has 0 saturated carbocycles. The molecule has 0 aliphatic carbocycles. The zero-order chi connectivity index (χ0) is 25.5. The van der Waals surface area contributed by atoms with E-state index >= 15 is 0 Å². The molecular formula is C25H26F2N2O6. The van der Waals surface area contributed by atoms with Crippen LogP contribution in [0.4, 0.5) is 13.6 Å². The second-order valence-electron chi connectivity index (χ2n) is 9.47. The molecule has 0 radical (unpaired) electrons. The molecule has 0 unspecified atom stereocenters. The lowest BCUT2D eigenvalue weighted by Gasteiger charge is -2.34. The Hall–Kier alpha value is -3.53. The number of halogens is 2. The number of rotatable bonds is 4. The van der Waals surface area contributed by atoms with Crippen LogP contribution in [0, 0.1) is 18.6 Å². The summed E-state index contributed by atoms with van der Waals surface area (Å²) in [6, 6.07) is 3.16. The van der Waals surface area contributed by atoms with Gasteiger partial charge in [-0.2, -0.15) is 0 Å². The highest BCUT2D eigenvalue weighted by Gasteiger charge is 2.31. The second-order valence-corrected chi connectivity index (χ2v) is 9.47. The average Bonchev–Trinajstić information content (AvgIpc) is 3.09. The maximum atomic E-state index is 15.0. The Morgan fingerprint density at radius 3 is 2.54 bits per heavy atom. The summed E-state index contributed by atoms with van der Waals surface area (Å²) in [5, 5.41) is 9.67. The number of amides is 1. The van der Waals surface area contributed by atoms with Crippen LogP contribution in [0.3, 0.4) is 0 Å². The number of carbonyl (C=O) groups excluding carboxylic acids is 1. The summed E-state index contributed by atoms with van der Waals surface area (Å²) in [4.78, 5) is 29.6. The topological polar surface area (TPSA) is 102 Å². The molecule has 8 nitrogen and oxygen atoms in total. The molecule has 0 spiro atoms. The highest BCUT2D eigenvalue weighted by Crippen LogP contribution is 2.38. The van der Waals surface area contributed by atoms with Gasteiger partial charge in [-0.05, 0) is 39.8 Å². The van der Waals surface area contributed by atoms with Crippen molar-refractivity contribution in [1.29, 1.82) is 0 Å². The number of aromatic nitrogens is 1. The molecular weight excluding hydrogens is 462 g/mol. The fourth-order valence-corrected chi connectivity index (χ4v) is 4.02. The number of hydrogen-bond acceptors (Lipinski definition) is 6. The maximum absolute atomic E-state index is 15.0. The van der Waals surface area contributed by atoms with E-state index in [1.807, 2.05) is 0 Å². The number of pyridine rings is 1. The van der Waals surface area contributed by atoms with Gasteiger partial charge in [0.15, 0.2) is 0 Å². The summed E-state index contributed by atoms with van der Waals surface area (Å²) in [6.45, 7) is 7.92. The number of morpholine rings is 1. The third kappa shape index (κ3) is 5.27. The molecule has 10 heteroatoms. The number of nitrogens with zero attached hydrogens (tertiary/aromatic N) is 2. The Kier molecular flexibility index (Phi) is 6.50. The minimum atomic E-state index is -1.45. The lowest BCUT2D eigenvalue weighted by Crippen LogP contribution is -2.48. The second kappa shape index (κ2) is 9.26. The molecule has 1 atom stereocenters. The summed E-state index contributed by atoms with van der Waals surface area (Å²) in [7, 11) is 0. The number of benzene rings is 1. The van der Waals surface area contributed by atoms with Crippen LogP contribution in [-0.4, -0.2) is 58.5 Å². The van der Waals surface area contributed by atoms with Gasteiger partial charge in [0.2, 0.25) is 0 Å². The zero-order valence-electron chi connectivity index (χ0n) is 19.9. The first-order valence-corrected chi connectivity index (χ1v) is 11.1. The Morgan fingerprint density at radius 2 is 1.91 bits per heavy atom. The van der Waals surface area contributed by atoms with Crippen LogP contribution in [0.25, 0.3) is 22.3 Å². The van der Waals surface area contributed by atoms with Gasteiger partial charge in [0.05, 0.1) is 30.4 Å². The molecule has 1 N–H and O–H groups in total. The van der Waals surface area contributed by atoms with Gasteiger partial charge in [-0.25, -0.2) is 18.4 Å². The largest absolute Gasteiger partial charge is 0.478 e. The molecule has 1 aliphatic heterocycles. The van der Waals surface area contributed by atoms with E-state index in [9.17, 15) is 18.4 Å². The number of furan rings is 1. The van der Waals surface area contributed by atoms with E-state index < -0.39 is 46.5 Å². The third-order valence-corrected chi connectivity index (χ3v) is 5.55. The number of fused-ring (bicyclic) bond motifs is 1. The predicted octanol–water partition coefficient (Wildman–Crippen LogP) is 4.96. The van der Waals surface area contributed by atoms with Crippen LogP contribution in [-0.2, 0) is 15.9 Å². The number of ether oxygens (including phenoxy) is 2. The molecule has 3 heterocycles. The van der Waals surface area contributed by atoms with Crippen LogP contribution >= 0.6 is 0 Å². The van der Waals surface area contributed by atoms with Crippen molar-refractivity contribution in [2.45, 2.75) is 45.8 Å². The summed E-state index contributed by atoms with van der Waals surface area (Å²) in [5.74, 6) is -3.64. The van der Waals surface area contributed by atoms with E-state index in [1.54, 1.807) is 40.0 Å². The van der Waals surface area contributed by atoms with Gasteiger partial charge in [0.1, 0.15) is 28.6 Å². The maximum Gasteiger partial charge on any atom is 0.410 e. The minimum Gasteiger partial charge on any atom is -0.478 e. The molecule has 1 fully saturated rings. The van der Waals surface area contributed by atoms with Crippen molar-refractivity contribution in [3.63, 3.8) is 0 Å². The molecule has 1 saturated heterocycles. The summed E-state index contributed by atoms with van der Waals surface area (Å²) in [6.07, 6.45) is 0.762. The van der Waals surface area contributed by atoms with Crippen LogP contribution in [0.2, 0.25) is 0 Å². The monoisotopic (exact) mass is 488 g/mol. The van der Waals surface area contributed by atoms with Gasteiger partial charge < -0.3 is 23.9 Å². The normalized spacial score (nSPS) is 16.5. The van der Waals surface area contributed by atoms with E-state index in [2.05, 4.69) is 4.98 Å². The average molecular weight is 488 g/mol. The lowest BCUT2D eigenvalue weighted by molar-refractivity contribution is -0.0414. The Labute approximate surface area is 200 Å². The van der Waals surface area contributed by atoms with E-state index in [-0.39, 0.29) is 25.3 Å². The van der Waals surface area contributed by atoms with Crippen LogP contribution in [0.15, 0.2) is 28.8 Å². The number of aryl methyl sites for hydroxylation is 1. The van der Waals surface area contributed by atoms with Crippen molar-refractivity contribution in [3.05, 3.63) is 52.9 Å². The number of carbonyl (C=O) groups is 2. The first kappa shape index (κ1) is 24.6. The third-order valence-electron chi connectivity index (χ3n) is 5.55. The standard InChI is InChI=1S/C25H26F2N2O6/c1-13-7-20-17(11-28-13)16(10-15-12-29(5-6-33-15)24(32)35-25(2,3)4)22(34-20)21-18(26)8-14(23(30)31)9-19(21)27/h7-9,11,15H,5-6,10,12H2,1-4H3,(H,30,31)/t15-/m0/s1. The highest BCUT2D eigenvalue weighted by atomic mass is 19.1. The van der Waals surface area contributed by atoms with Crippen molar-refractivity contribution in [3.8, 4) is 11.3 Å². The van der Waals surface area contributed by atoms with Gasteiger partial charge in [0.25, 0.3) is 0 Å². The van der Waals surface area contributed by atoms with Crippen LogP contribution in [0.1, 0.15) is 42.4 Å².